The second kappa shape index (κ2) is 4.00. The molecule has 0 spiro atoms. The molecule has 2 aromatic heterocycles. The molecular weight excluding hydrogens is 194 g/mol. The van der Waals surface area contributed by atoms with Gasteiger partial charge in [-0.25, -0.2) is 4.98 Å². The van der Waals surface area contributed by atoms with Crippen LogP contribution in [0.4, 0.5) is 5.82 Å². The van der Waals surface area contributed by atoms with E-state index in [1.807, 2.05) is 11.5 Å². The van der Waals surface area contributed by atoms with E-state index in [9.17, 15) is 4.79 Å². The van der Waals surface area contributed by atoms with Crippen LogP contribution in [0.5, 0.6) is 0 Å². The van der Waals surface area contributed by atoms with Gasteiger partial charge in [0.05, 0.1) is 18.2 Å². The molecule has 0 aromatic carbocycles. The maximum atomic E-state index is 11.6. The van der Waals surface area contributed by atoms with Crippen molar-refractivity contribution in [2.45, 2.75) is 13.5 Å². The minimum atomic E-state index is -0.217. The monoisotopic (exact) mass is 205 g/mol. The summed E-state index contributed by atoms with van der Waals surface area (Å²) in [6.07, 6.45) is 6.30. The van der Waals surface area contributed by atoms with Gasteiger partial charge in [-0.05, 0) is 13.0 Å². The molecule has 78 valence electrons. The average Bonchev–Trinajstić information content (AvgIpc) is 2.87. The van der Waals surface area contributed by atoms with Crippen molar-refractivity contribution >= 4 is 11.7 Å². The van der Waals surface area contributed by atoms with Gasteiger partial charge in [0.25, 0.3) is 5.91 Å². The van der Waals surface area contributed by atoms with E-state index in [0.29, 0.717) is 11.4 Å². The summed E-state index contributed by atoms with van der Waals surface area (Å²) in [6.45, 7) is 2.83. The topological polar surface area (TPSA) is 60.1 Å². The number of aryl methyl sites for hydroxylation is 1. The van der Waals surface area contributed by atoms with E-state index in [-0.39, 0.29) is 5.91 Å². The Kier molecular flexibility index (Phi) is 2.53. The predicted octanol–water partition coefficient (Wildman–Crippen LogP) is 1.75. The highest BCUT2D eigenvalue weighted by Gasteiger charge is 2.08. The van der Waals surface area contributed by atoms with Crippen molar-refractivity contribution in [2.24, 2.45) is 0 Å². The summed E-state index contributed by atoms with van der Waals surface area (Å²) >= 11 is 0. The molecule has 0 aliphatic rings. The second-order valence-corrected chi connectivity index (χ2v) is 3.06. The fraction of sp³-hybridized carbons (Fsp3) is 0.200. The molecule has 0 fully saturated rings. The smallest absolute Gasteiger partial charge is 0.260 e. The highest BCUT2D eigenvalue weighted by molar-refractivity contribution is 6.03. The van der Waals surface area contributed by atoms with E-state index in [1.54, 1.807) is 18.6 Å². The van der Waals surface area contributed by atoms with Gasteiger partial charge in [0.2, 0.25) is 0 Å². The zero-order valence-corrected chi connectivity index (χ0v) is 8.30. The number of hydrogen-bond donors (Lipinski definition) is 1. The van der Waals surface area contributed by atoms with Gasteiger partial charge in [-0.15, -0.1) is 0 Å². The lowest BCUT2D eigenvalue weighted by atomic mass is 10.3. The highest BCUT2D eigenvalue weighted by atomic mass is 16.3. The molecule has 0 saturated carbocycles. The molecule has 2 aromatic rings. The van der Waals surface area contributed by atoms with Crippen LogP contribution >= 0.6 is 0 Å². The molecule has 0 aliphatic heterocycles. The van der Waals surface area contributed by atoms with Crippen molar-refractivity contribution in [3.63, 3.8) is 0 Å². The highest BCUT2D eigenvalue weighted by Crippen LogP contribution is 2.06. The molecule has 15 heavy (non-hydrogen) atoms. The molecule has 0 radical (unpaired) electrons. The Morgan fingerprint density at radius 1 is 1.67 bits per heavy atom. The van der Waals surface area contributed by atoms with Crippen LogP contribution in [0.2, 0.25) is 0 Å². The van der Waals surface area contributed by atoms with Crippen molar-refractivity contribution in [3.8, 4) is 0 Å². The fourth-order valence-corrected chi connectivity index (χ4v) is 1.18. The first-order valence-electron chi connectivity index (χ1n) is 4.65. The number of aromatic nitrogens is 2. The number of imidazole rings is 1. The Bertz CT molecular complexity index is 445. The number of amides is 1. The summed E-state index contributed by atoms with van der Waals surface area (Å²) in [5.74, 6) is 0.327. The Labute approximate surface area is 86.7 Å². The van der Waals surface area contributed by atoms with Gasteiger partial charge < -0.3 is 14.3 Å². The van der Waals surface area contributed by atoms with Gasteiger partial charge in [-0.3, -0.25) is 4.79 Å². The number of hydrogen-bond acceptors (Lipinski definition) is 3. The third-order valence-corrected chi connectivity index (χ3v) is 2.02. The van der Waals surface area contributed by atoms with E-state index in [1.165, 1.54) is 12.5 Å². The number of carbonyl (C=O) groups is 1. The lowest BCUT2D eigenvalue weighted by Crippen LogP contribution is -2.10. The summed E-state index contributed by atoms with van der Waals surface area (Å²) in [6, 6.07) is 1.60. The minimum absolute atomic E-state index is 0.217. The third-order valence-electron chi connectivity index (χ3n) is 2.02. The minimum Gasteiger partial charge on any atom is -0.472 e. The first-order valence-corrected chi connectivity index (χ1v) is 4.65. The van der Waals surface area contributed by atoms with Crippen LogP contribution in [0.25, 0.3) is 0 Å². The van der Waals surface area contributed by atoms with Crippen molar-refractivity contribution in [1.29, 1.82) is 0 Å². The van der Waals surface area contributed by atoms with Crippen LogP contribution in [0, 0.1) is 0 Å². The number of furan rings is 1. The molecule has 0 unspecified atom stereocenters. The van der Waals surface area contributed by atoms with Crippen LogP contribution in [-0.2, 0) is 6.54 Å². The molecule has 0 bridgehead atoms. The molecule has 2 rings (SSSR count). The van der Waals surface area contributed by atoms with Crippen molar-refractivity contribution in [2.75, 3.05) is 5.32 Å². The molecule has 1 amide bonds. The second-order valence-electron chi connectivity index (χ2n) is 3.06. The normalized spacial score (nSPS) is 10.2. The fourth-order valence-electron chi connectivity index (χ4n) is 1.18. The van der Waals surface area contributed by atoms with Gasteiger partial charge in [0.1, 0.15) is 6.26 Å². The Morgan fingerprint density at radius 3 is 3.13 bits per heavy atom. The van der Waals surface area contributed by atoms with E-state index in [4.69, 9.17) is 4.42 Å². The van der Waals surface area contributed by atoms with Crippen LogP contribution in [-0.4, -0.2) is 15.5 Å². The summed E-state index contributed by atoms with van der Waals surface area (Å²) in [4.78, 5) is 15.6. The first-order chi connectivity index (χ1) is 7.29. The number of carbonyl (C=O) groups excluding carboxylic acids is 1. The van der Waals surface area contributed by atoms with Gasteiger partial charge in [-0.2, -0.15) is 0 Å². The molecule has 5 heteroatoms. The Morgan fingerprint density at radius 2 is 2.53 bits per heavy atom. The quantitative estimate of drug-likeness (QED) is 0.830. The predicted molar refractivity (Wildman–Crippen MR) is 54.6 cm³/mol. The summed E-state index contributed by atoms with van der Waals surface area (Å²) in [5, 5.41) is 2.67. The molecule has 2 heterocycles. The molecular formula is C10H11N3O2. The maximum absolute atomic E-state index is 11.6. The van der Waals surface area contributed by atoms with Gasteiger partial charge >= 0.3 is 0 Å². The van der Waals surface area contributed by atoms with E-state index < -0.39 is 0 Å². The van der Waals surface area contributed by atoms with Crippen molar-refractivity contribution < 1.29 is 9.21 Å². The van der Waals surface area contributed by atoms with Gasteiger partial charge in [0.15, 0.2) is 5.82 Å². The Balaban J connectivity index is 2.06. The number of nitrogens with zero attached hydrogens (tertiary/aromatic N) is 2. The maximum Gasteiger partial charge on any atom is 0.260 e. The van der Waals surface area contributed by atoms with Gasteiger partial charge in [-0.1, -0.05) is 0 Å². The SMILES string of the molecule is CCn1cnc(NC(=O)c2ccoc2)c1. The van der Waals surface area contributed by atoms with E-state index >= 15 is 0 Å². The van der Waals surface area contributed by atoms with Crippen LogP contribution in [0.3, 0.4) is 0 Å². The average molecular weight is 205 g/mol. The largest absolute Gasteiger partial charge is 0.472 e. The molecule has 0 atom stereocenters. The third kappa shape index (κ3) is 2.07. The lowest BCUT2D eigenvalue weighted by molar-refractivity contribution is 0.102. The zero-order valence-electron chi connectivity index (χ0n) is 8.30. The number of nitrogens with one attached hydrogen (secondary N) is 1. The molecule has 0 aliphatic carbocycles. The van der Waals surface area contributed by atoms with Gasteiger partial charge in [0, 0.05) is 12.7 Å². The van der Waals surface area contributed by atoms with Crippen LogP contribution < -0.4 is 5.32 Å². The van der Waals surface area contributed by atoms with E-state index in [0.717, 1.165) is 6.54 Å². The zero-order chi connectivity index (χ0) is 10.7. The number of rotatable bonds is 3. The summed E-state index contributed by atoms with van der Waals surface area (Å²) < 4.78 is 6.69. The molecule has 0 saturated heterocycles. The summed E-state index contributed by atoms with van der Waals surface area (Å²) in [7, 11) is 0. The lowest BCUT2D eigenvalue weighted by Gasteiger charge is -1.97. The summed E-state index contributed by atoms with van der Waals surface area (Å²) in [5.41, 5.74) is 0.487. The Hall–Kier alpha value is -2.04. The van der Waals surface area contributed by atoms with Crippen LogP contribution in [0.15, 0.2) is 35.5 Å². The van der Waals surface area contributed by atoms with E-state index in [2.05, 4.69) is 10.3 Å². The molecule has 1 N–H and O–H groups in total. The van der Waals surface area contributed by atoms with Crippen LogP contribution in [0.1, 0.15) is 17.3 Å². The first kappa shape index (κ1) is 9.51. The van der Waals surface area contributed by atoms with Crippen molar-refractivity contribution in [3.05, 3.63) is 36.7 Å². The molecule has 5 nitrogen and oxygen atoms in total. The van der Waals surface area contributed by atoms with Crippen molar-refractivity contribution in [1.82, 2.24) is 9.55 Å². The standard InChI is InChI=1S/C10H11N3O2/c1-2-13-5-9(11-7-13)12-10(14)8-3-4-15-6-8/h3-7H,2H2,1H3,(H,12,14). The number of anilines is 1.